The van der Waals surface area contributed by atoms with Crippen molar-refractivity contribution in [2.45, 2.75) is 6.92 Å². The van der Waals surface area contributed by atoms with Gasteiger partial charge in [-0.2, -0.15) is 0 Å². The summed E-state index contributed by atoms with van der Waals surface area (Å²) >= 11 is 3.45. The number of nitrogens with one attached hydrogen (secondary N) is 1. The van der Waals surface area contributed by atoms with Crippen LogP contribution in [0.4, 0.5) is 5.69 Å². The fraction of sp³-hybridized carbons (Fsp3) is 0.333. The van der Waals surface area contributed by atoms with Gasteiger partial charge in [-0.1, -0.05) is 0 Å². The van der Waals surface area contributed by atoms with Gasteiger partial charge < -0.3 is 10.1 Å². The standard InChI is InChI=1S/C9H12BrNO/c1-6-4-7(11-2)9(10)8(5-6)12-3/h4-5,11H,1-3H3. The molecule has 1 aromatic carbocycles. The second-order valence-corrected chi connectivity index (χ2v) is 3.37. The third-order valence-corrected chi connectivity index (χ3v) is 2.49. The van der Waals surface area contributed by atoms with Crippen molar-refractivity contribution >= 4 is 21.6 Å². The lowest BCUT2D eigenvalue weighted by atomic mass is 10.2. The average molecular weight is 230 g/mol. The number of hydrogen-bond donors (Lipinski definition) is 1. The monoisotopic (exact) mass is 229 g/mol. The van der Waals surface area contributed by atoms with Crippen LogP contribution in [0.3, 0.4) is 0 Å². The predicted octanol–water partition coefficient (Wildman–Crippen LogP) is 2.81. The van der Waals surface area contributed by atoms with Crippen molar-refractivity contribution in [1.29, 1.82) is 0 Å². The summed E-state index contributed by atoms with van der Waals surface area (Å²) in [6, 6.07) is 4.05. The summed E-state index contributed by atoms with van der Waals surface area (Å²) in [5, 5.41) is 3.08. The summed E-state index contributed by atoms with van der Waals surface area (Å²) in [6.45, 7) is 2.04. The summed E-state index contributed by atoms with van der Waals surface area (Å²) in [7, 11) is 3.55. The minimum absolute atomic E-state index is 0.861. The Morgan fingerprint density at radius 1 is 1.42 bits per heavy atom. The zero-order chi connectivity index (χ0) is 9.14. The fourth-order valence-electron chi connectivity index (χ4n) is 1.07. The van der Waals surface area contributed by atoms with E-state index in [9.17, 15) is 0 Å². The molecule has 12 heavy (non-hydrogen) atoms. The van der Waals surface area contributed by atoms with Gasteiger partial charge in [0.2, 0.25) is 0 Å². The van der Waals surface area contributed by atoms with Crippen molar-refractivity contribution in [1.82, 2.24) is 0 Å². The maximum absolute atomic E-state index is 5.18. The molecule has 1 N–H and O–H groups in total. The zero-order valence-electron chi connectivity index (χ0n) is 7.44. The van der Waals surface area contributed by atoms with Crippen LogP contribution < -0.4 is 10.1 Å². The van der Waals surface area contributed by atoms with Gasteiger partial charge in [-0.05, 0) is 40.5 Å². The molecule has 66 valence electrons. The van der Waals surface area contributed by atoms with E-state index in [2.05, 4.69) is 27.3 Å². The van der Waals surface area contributed by atoms with Crippen molar-refractivity contribution in [2.75, 3.05) is 19.5 Å². The maximum Gasteiger partial charge on any atom is 0.135 e. The lowest BCUT2D eigenvalue weighted by molar-refractivity contribution is 0.412. The second-order valence-electron chi connectivity index (χ2n) is 2.58. The van der Waals surface area contributed by atoms with Gasteiger partial charge in [0, 0.05) is 7.05 Å². The van der Waals surface area contributed by atoms with Crippen LogP contribution in [-0.4, -0.2) is 14.2 Å². The fourth-order valence-corrected chi connectivity index (χ4v) is 1.66. The first-order chi connectivity index (χ1) is 5.69. The molecular formula is C9H12BrNO. The Morgan fingerprint density at radius 2 is 2.08 bits per heavy atom. The molecule has 0 heterocycles. The molecule has 0 aliphatic carbocycles. The Hall–Kier alpha value is -0.700. The summed E-state index contributed by atoms with van der Waals surface area (Å²) in [5.74, 6) is 0.861. The van der Waals surface area contributed by atoms with E-state index in [1.54, 1.807) is 7.11 Å². The Morgan fingerprint density at radius 3 is 2.58 bits per heavy atom. The van der Waals surface area contributed by atoms with E-state index < -0.39 is 0 Å². The van der Waals surface area contributed by atoms with Crippen LogP contribution in [0, 0.1) is 6.92 Å². The number of methoxy groups -OCH3 is 1. The van der Waals surface area contributed by atoms with Crippen molar-refractivity contribution < 1.29 is 4.74 Å². The average Bonchev–Trinajstić information content (AvgIpc) is 2.08. The Balaban J connectivity index is 3.22. The van der Waals surface area contributed by atoms with Gasteiger partial charge in [-0.25, -0.2) is 0 Å². The van der Waals surface area contributed by atoms with Crippen LogP contribution in [0.25, 0.3) is 0 Å². The van der Waals surface area contributed by atoms with Crippen molar-refractivity contribution in [3.8, 4) is 5.75 Å². The van der Waals surface area contributed by atoms with E-state index in [-0.39, 0.29) is 0 Å². The summed E-state index contributed by atoms with van der Waals surface area (Å²) in [5.41, 5.74) is 2.23. The summed E-state index contributed by atoms with van der Waals surface area (Å²) < 4.78 is 6.15. The molecule has 0 bridgehead atoms. The van der Waals surface area contributed by atoms with Gasteiger partial charge in [0.25, 0.3) is 0 Å². The molecule has 0 unspecified atom stereocenters. The van der Waals surface area contributed by atoms with Crippen LogP contribution >= 0.6 is 15.9 Å². The van der Waals surface area contributed by atoms with Crippen LogP contribution in [-0.2, 0) is 0 Å². The van der Waals surface area contributed by atoms with Crippen molar-refractivity contribution in [2.24, 2.45) is 0 Å². The Bertz CT molecular complexity index is 261. The third-order valence-electron chi connectivity index (χ3n) is 1.67. The number of aryl methyl sites for hydroxylation is 1. The van der Waals surface area contributed by atoms with E-state index in [1.807, 2.05) is 20.0 Å². The molecule has 0 saturated heterocycles. The summed E-state index contributed by atoms with van der Waals surface area (Å²) in [4.78, 5) is 0. The lowest BCUT2D eigenvalue weighted by Gasteiger charge is -2.09. The van der Waals surface area contributed by atoms with Gasteiger partial charge in [0.1, 0.15) is 5.75 Å². The molecular weight excluding hydrogens is 218 g/mol. The molecule has 3 heteroatoms. The highest BCUT2D eigenvalue weighted by Gasteiger charge is 2.05. The molecule has 0 atom stereocenters. The molecule has 0 fully saturated rings. The highest BCUT2D eigenvalue weighted by atomic mass is 79.9. The molecule has 0 aliphatic rings. The minimum Gasteiger partial charge on any atom is -0.495 e. The first kappa shape index (κ1) is 9.39. The van der Waals surface area contributed by atoms with Crippen LogP contribution in [0.2, 0.25) is 0 Å². The molecule has 0 spiro atoms. The van der Waals surface area contributed by atoms with Crippen LogP contribution in [0.5, 0.6) is 5.75 Å². The SMILES string of the molecule is CNc1cc(C)cc(OC)c1Br. The number of halogens is 1. The van der Waals surface area contributed by atoms with Crippen LogP contribution in [0.15, 0.2) is 16.6 Å². The Kier molecular flexibility index (Phi) is 2.98. The highest BCUT2D eigenvalue weighted by molar-refractivity contribution is 9.10. The third kappa shape index (κ3) is 1.72. The van der Waals surface area contributed by atoms with Crippen molar-refractivity contribution in [3.05, 3.63) is 22.2 Å². The molecule has 2 nitrogen and oxygen atoms in total. The number of anilines is 1. The lowest BCUT2D eigenvalue weighted by Crippen LogP contribution is -1.93. The number of ether oxygens (including phenoxy) is 1. The Labute approximate surface area is 81.1 Å². The van der Waals surface area contributed by atoms with E-state index in [0.29, 0.717) is 0 Å². The van der Waals surface area contributed by atoms with Gasteiger partial charge in [0.15, 0.2) is 0 Å². The second kappa shape index (κ2) is 3.81. The maximum atomic E-state index is 5.18. The molecule has 1 aromatic rings. The normalized spacial score (nSPS) is 9.67. The van der Waals surface area contributed by atoms with Gasteiger partial charge in [-0.3, -0.25) is 0 Å². The molecule has 0 aliphatic heterocycles. The van der Waals surface area contributed by atoms with Crippen LogP contribution in [0.1, 0.15) is 5.56 Å². The van der Waals surface area contributed by atoms with E-state index in [1.165, 1.54) is 5.56 Å². The van der Waals surface area contributed by atoms with Gasteiger partial charge >= 0.3 is 0 Å². The number of rotatable bonds is 2. The molecule has 0 saturated carbocycles. The predicted molar refractivity (Wildman–Crippen MR) is 55.0 cm³/mol. The molecule has 0 aromatic heterocycles. The smallest absolute Gasteiger partial charge is 0.135 e. The first-order valence-corrected chi connectivity index (χ1v) is 4.50. The molecule has 1 rings (SSSR count). The number of benzene rings is 1. The zero-order valence-corrected chi connectivity index (χ0v) is 9.03. The van der Waals surface area contributed by atoms with Gasteiger partial charge in [-0.15, -0.1) is 0 Å². The highest BCUT2D eigenvalue weighted by Crippen LogP contribution is 2.33. The summed E-state index contributed by atoms with van der Waals surface area (Å²) in [6.07, 6.45) is 0. The first-order valence-electron chi connectivity index (χ1n) is 3.71. The van der Waals surface area contributed by atoms with Gasteiger partial charge in [0.05, 0.1) is 17.3 Å². The quantitative estimate of drug-likeness (QED) is 0.843. The molecule has 0 radical (unpaired) electrons. The molecule has 0 amide bonds. The van der Waals surface area contributed by atoms with E-state index >= 15 is 0 Å². The van der Waals surface area contributed by atoms with E-state index in [0.717, 1.165) is 15.9 Å². The largest absolute Gasteiger partial charge is 0.495 e. The minimum atomic E-state index is 0.861. The van der Waals surface area contributed by atoms with E-state index in [4.69, 9.17) is 4.74 Å². The van der Waals surface area contributed by atoms with Crippen molar-refractivity contribution in [3.63, 3.8) is 0 Å². The topological polar surface area (TPSA) is 21.3 Å². The number of hydrogen-bond acceptors (Lipinski definition) is 2.